The molecule has 1 atom stereocenters. The molecule has 0 aliphatic heterocycles. The first-order valence-electron chi connectivity index (χ1n) is 7.54. The van der Waals surface area contributed by atoms with E-state index in [9.17, 15) is 4.79 Å². The number of carbonyl (C=O) groups excluding carboxylic acids is 1. The summed E-state index contributed by atoms with van der Waals surface area (Å²) in [7, 11) is 0. The van der Waals surface area contributed by atoms with Crippen LogP contribution in [0.2, 0.25) is 0 Å². The van der Waals surface area contributed by atoms with Crippen LogP contribution in [-0.4, -0.2) is 5.97 Å². The molecule has 0 heterocycles. The first-order chi connectivity index (χ1) is 11.1. The van der Waals surface area contributed by atoms with Gasteiger partial charge in [0, 0.05) is 5.56 Å². The van der Waals surface area contributed by atoms with Crippen LogP contribution in [0.5, 0.6) is 0 Å². The van der Waals surface area contributed by atoms with Crippen LogP contribution in [0.25, 0.3) is 10.8 Å². The Hall–Kier alpha value is -2.87. The van der Waals surface area contributed by atoms with Crippen molar-refractivity contribution in [3.8, 4) is 0 Å². The summed E-state index contributed by atoms with van der Waals surface area (Å²) in [5.74, 6) is -0.360. The molecule has 0 spiro atoms. The van der Waals surface area contributed by atoms with Gasteiger partial charge in [-0.1, -0.05) is 67.2 Å². The van der Waals surface area contributed by atoms with E-state index in [0.29, 0.717) is 5.56 Å². The maximum atomic E-state index is 12.5. The highest BCUT2D eigenvalue weighted by molar-refractivity contribution is 5.91. The van der Waals surface area contributed by atoms with Crippen molar-refractivity contribution in [1.29, 1.82) is 0 Å². The first kappa shape index (κ1) is 15.0. The van der Waals surface area contributed by atoms with Crippen LogP contribution in [-0.2, 0) is 10.3 Å². The number of esters is 1. The molecule has 2 heteroatoms. The molecule has 0 aliphatic carbocycles. The molecule has 0 radical (unpaired) electrons. The molecule has 0 N–H and O–H groups in total. The average Bonchev–Trinajstić information content (AvgIpc) is 2.61. The average molecular weight is 302 g/mol. The fraction of sp³-hybridized carbons (Fsp3) is 0.0952. The van der Waals surface area contributed by atoms with Gasteiger partial charge in [-0.15, -0.1) is 0 Å². The van der Waals surface area contributed by atoms with Crippen LogP contribution < -0.4 is 0 Å². The Bertz CT molecular complexity index is 847. The van der Waals surface area contributed by atoms with Crippen LogP contribution in [0.4, 0.5) is 0 Å². The molecule has 0 amide bonds. The van der Waals surface area contributed by atoms with Crippen LogP contribution >= 0.6 is 0 Å². The summed E-state index contributed by atoms with van der Waals surface area (Å²) in [4.78, 5) is 12.5. The maximum absolute atomic E-state index is 12.5. The zero-order valence-corrected chi connectivity index (χ0v) is 13.0. The molecule has 114 valence electrons. The van der Waals surface area contributed by atoms with Gasteiger partial charge in [0.15, 0.2) is 5.60 Å². The normalized spacial score (nSPS) is 13.3. The van der Waals surface area contributed by atoms with Crippen molar-refractivity contribution in [3.05, 3.63) is 96.6 Å². The molecule has 3 aromatic rings. The number of rotatable bonds is 4. The van der Waals surface area contributed by atoms with E-state index in [1.165, 1.54) is 0 Å². The van der Waals surface area contributed by atoms with Crippen LogP contribution in [0.3, 0.4) is 0 Å². The summed E-state index contributed by atoms with van der Waals surface area (Å²) in [6, 6.07) is 23.0. The van der Waals surface area contributed by atoms with Crippen LogP contribution in [0.1, 0.15) is 22.8 Å². The molecule has 0 fully saturated rings. The van der Waals surface area contributed by atoms with E-state index in [2.05, 4.69) is 6.58 Å². The lowest BCUT2D eigenvalue weighted by atomic mass is 9.90. The van der Waals surface area contributed by atoms with E-state index < -0.39 is 5.60 Å². The minimum atomic E-state index is -0.895. The fourth-order valence-corrected chi connectivity index (χ4v) is 2.69. The van der Waals surface area contributed by atoms with Gasteiger partial charge in [0.2, 0.25) is 0 Å². The van der Waals surface area contributed by atoms with Crippen molar-refractivity contribution in [2.75, 3.05) is 0 Å². The predicted molar refractivity (Wildman–Crippen MR) is 93.4 cm³/mol. The minimum Gasteiger partial charge on any atom is -0.447 e. The Morgan fingerprint density at radius 3 is 2.35 bits per heavy atom. The summed E-state index contributed by atoms with van der Waals surface area (Å²) >= 11 is 0. The third kappa shape index (κ3) is 2.88. The van der Waals surface area contributed by atoms with Crippen molar-refractivity contribution in [2.24, 2.45) is 0 Å². The number of fused-ring (bicyclic) bond motifs is 1. The Labute approximate surface area is 136 Å². The lowest BCUT2D eigenvalue weighted by molar-refractivity contribution is 0.00986. The van der Waals surface area contributed by atoms with Crippen LogP contribution in [0.15, 0.2) is 85.5 Å². The largest absolute Gasteiger partial charge is 0.447 e. The summed E-state index contributed by atoms with van der Waals surface area (Å²) in [6.45, 7) is 5.75. The number of ether oxygens (including phenoxy) is 1. The SMILES string of the molecule is C=CC(C)(OC(=O)c1ccccc1)c1cccc2ccccc12. The maximum Gasteiger partial charge on any atom is 0.339 e. The Morgan fingerprint density at radius 1 is 0.957 bits per heavy atom. The highest BCUT2D eigenvalue weighted by Gasteiger charge is 2.29. The van der Waals surface area contributed by atoms with Crippen molar-refractivity contribution in [3.63, 3.8) is 0 Å². The minimum absolute atomic E-state index is 0.360. The third-order valence-electron chi connectivity index (χ3n) is 4.03. The van der Waals surface area contributed by atoms with Crippen molar-refractivity contribution < 1.29 is 9.53 Å². The van der Waals surface area contributed by atoms with E-state index in [1.54, 1.807) is 18.2 Å². The molecular weight excluding hydrogens is 284 g/mol. The standard InChI is InChI=1S/C21H18O2/c1-3-21(2,23-20(22)17-11-5-4-6-12-17)19-15-9-13-16-10-7-8-14-18(16)19/h3-15H,1H2,2H3. The summed E-state index contributed by atoms with van der Waals surface area (Å²) in [5, 5.41) is 2.16. The lowest BCUT2D eigenvalue weighted by Crippen LogP contribution is -2.27. The molecule has 0 aliphatic rings. The molecule has 3 rings (SSSR count). The molecule has 0 aromatic heterocycles. The Kier molecular flexibility index (Phi) is 3.98. The van der Waals surface area contributed by atoms with Gasteiger partial charge in [-0.2, -0.15) is 0 Å². The van der Waals surface area contributed by atoms with Gasteiger partial charge in [0.1, 0.15) is 0 Å². The zero-order chi connectivity index (χ0) is 16.3. The van der Waals surface area contributed by atoms with Crippen molar-refractivity contribution in [2.45, 2.75) is 12.5 Å². The van der Waals surface area contributed by atoms with E-state index in [-0.39, 0.29) is 5.97 Å². The third-order valence-corrected chi connectivity index (χ3v) is 4.03. The van der Waals surface area contributed by atoms with E-state index in [1.807, 2.05) is 67.6 Å². The van der Waals surface area contributed by atoms with Crippen molar-refractivity contribution >= 4 is 16.7 Å². The monoisotopic (exact) mass is 302 g/mol. The second-order valence-electron chi connectivity index (χ2n) is 5.59. The molecule has 2 nitrogen and oxygen atoms in total. The number of hydrogen-bond donors (Lipinski definition) is 0. The molecule has 0 saturated heterocycles. The number of benzene rings is 3. The molecule has 0 bridgehead atoms. The van der Waals surface area contributed by atoms with Gasteiger partial charge >= 0.3 is 5.97 Å². The second-order valence-corrected chi connectivity index (χ2v) is 5.59. The van der Waals surface area contributed by atoms with E-state index >= 15 is 0 Å². The lowest BCUT2D eigenvalue weighted by Gasteiger charge is -2.28. The van der Waals surface area contributed by atoms with Crippen LogP contribution in [0, 0.1) is 0 Å². The quantitative estimate of drug-likeness (QED) is 0.495. The summed E-state index contributed by atoms with van der Waals surface area (Å²) in [5.41, 5.74) is 0.559. The van der Waals surface area contributed by atoms with Gasteiger partial charge in [-0.25, -0.2) is 4.79 Å². The molecule has 1 unspecified atom stereocenters. The summed E-state index contributed by atoms with van der Waals surface area (Å²) < 4.78 is 5.81. The van der Waals surface area contributed by atoms with Gasteiger partial charge in [0.05, 0.1) is 5.56 Å². The predicted octanol–water partition coefficient (Wildman–Crippen LogP) is 5.10. The second kappa shape index (κ2) is 6.09. The van der Waals surface area contributed by atoms with Gasteiger partial charge in [-0.3, -0.25) is 0 Å². The molecule has 23 heavy (non-hydrogen) atoms. The van der Waals surface area contributed by atoms with Gasteiger partial charge in [0.25, 0.3) is 0 Å². The Morgan fingerprint density at radius 2 is 1.61 bits per heavy atom. The molecule has 3 aromatic carbocycles. The van der Waals surface area contributed by atoms with E-state index in [4.69, 9.17) is 4.74 Å². The summed E-state index contributed by atoms with van der Waals surface area (Å²) in [6.07, 6.45) is 1.68. The number of hydrogen-bond acceptors (Lipinski definition) is 2. The number of carbonyl (C=O) groups is 1. The molecular formula is C21H18O2. The smallest absolute Gasteiger partial charge is 0.339 e. The van der Waals surface area contributed by atoms with Crippen molar-refractivity contribution in [1.82, 2.24) is 0 Å². The highest BCUT2D eigenvalue weighted by Crippen LogP contribution is 2.33. The van der Waals surface area contributed by atoms with Gasteiger partial charge < -0.3 is 4.74 Å². The zero-order valence-electron chi connectivity index (χ0n) is 13.0. The Balaban J connectivity index is 2.03. The topological polar surface area (TPSA) is 26.3 Å². The highest BCUT2D eigenvalue weighted by atomic mass is 16.6. The first-order valence-corrected chi connectivity index (χ1v) is 7.54. The molecule has 0 saturated carbocycles. The van der Waals surface area contributed by atoms with E-state index in [0.717, 1.165) is 16.3 Å². The van der Waals surface area contributed by atoms with Gasteiger partial charge in [-0.05, 0) is 35.9 Å². The fourth-order valence-electron chi connectivity index (χ4n) is 2.69.